The number of hydrogen-bond acceptors (Lipinski definition) is 2. The average molecular weight is 257 g/mol. The van der Waals surface area contributed by atoms with Crippen molar-refractivity contribution in [3.05, 3.63) is 23.8 Å². The van der Waals surface area contributed by atoms with E-state index in [4.69, 9.17) is 5.73 Å². The smallest absolute Gasteiger partial charge is 0.201 e. The van der Waals surface area contributed by atoms with Crippen LogP contribution >= 0.6 is 0 Å². The van der Waals surface area contributed by atoms with E-state index in [2.05, 4.69) is 48.5 Å². The van der Waals surface area contributed by atoms with E-state index >= 15 is 0 Å². The van der Waals surface area contributed by atoms with Crippen molar-refractivity contribution in [2.45, 2.75) is 46.1 Å². The van der Waals surface area contributed by atoms with Gasteiger partial charge in [0.15, 0.2) is 0 Å². The van der Waals surface area contributed by atoms with Crippen LogP contribution in [-0.4, -0.2) is 9.55 Å². The van der Waals surface area contributed by atoms with E-state index in [1.165, 1.54) is 30.3 Å². The summed E-state index contributed by atoms with van der Waals surface area (Å²) in [6, 6.07) is 6.86. The number of para-hydroxylation sites is 1. The number of hydrogen-bond donors (Lipinski definition) is 1. The van der Waals surface area contributed by atoms with Gasteiger partial charge in [-0.2, -0.15) is 0 Å². The van der Waals surface area contributed by atoms with Gasteiger partial charge >= 0.3 is 0 Å². The zero-order valence-corrected chi connectivity index (χ0v) is 12.1. The Bertz CT molecular complexity index is 589. The molecule has 2 unspecified atom stereocenters. The molecular weight excluding hydrogens is 234 g/mol. The van der Waals surface area contributed by atoms with Crippen molar-refractivity contribution < 1.29 is 0 Å². The fourth-order valence-corrected chi connectivity index (χ4v) is 3.77. The minimum Gasteiger partial charge on any atom is -0.369 e. The first-order valence-corrected chi connectivity index (χ1v) is 7.29. The number of imidazole rings is 1. The highest BCUT2D eigenvalue weighted by molar-refractivity contribution is 5.81. The molecule has 0 spiro atoms. The van der Waals surface area contributed by atoms with E-state index in [-0.39, 0.29) is 0 Å². The molecule has 1 fully saturated rings. The number of anilines is 1. The van der Waals surface area contributed by atoms with E-state index in [1.807, 2.05) is 0 Å². The van der Waals surface area contributed by atoms with Crippen LogP contribution < -0.4 is 5.73 Å². The van der Waals surface area contributed by atoms with Crippen LogP contribution in [0.2, 0.25) is 0 Å². The molecule has 1 aliphatic rings. The van der Waals surface area contributed by atoms with Gasteiger partial charge in [0, 0.05) is 6.04 Å². The van der Waals surface area contributed by atoms with Crippen LogP contribution in [0.15, 0.2) is 18.2 Å². The predicted octanol–water partition coefficient (Wildman–Crippen LogP) is 3.92. The normalized spacial score (nSPS) is 27.8. The molecule has 1 heterocycles. The topological polar surface area (TPSA) is 43.8 Å². The Morgan fingerprint density at radius 1 is 1.16 bits per heavy atom. The van der Waals surface area contributed by atoms with Crippen LogP contribution in [0.25, 0.3) is 11.0 Å². The van der Waals surface area contributed by atoms with Crippen LogP contribution in [-0.2, 0) is 0 Å². The van der Waals surface area contributed by atoms with Crippen LogP contribution in [0.5, 0.6) is 0 Å². The van der Waals surface area contributed by atoms with Gasteiger partial charge in [-0.1, -0.05) is 26.0 Å². The van der Waals surface area contributed by atoms with Crippen molar-refractivity contribution in [2.24, 2.45) is 11.8 Å². The van der Waals surface area contributed by atoms with E-state index in [0.29, 0.717) is 12.0 Å². The molecule has 3 heteroatoms. The molecule has 2 N–H and O–H groups in total. The summed E-state index contributed by atoms with van der Waals surface area (Å²) in [4.78, 5) is 4.58. The summed E-state index contributed by atoms with van der Waals surface area (Å²) in [6.45, 7) is 6.80. The first-order chi connectivity index (χ1) is 9.06. The molecule has 3 nitrogen and oxygen atoms in total. The van der Waals surface area contributed by atoms with Gasteiger partial charge in [-0.15, -0.1) is 0 Å². The molecule has 2 aromatic rings. The maximum absolute atomic E-state index is 6.20. The number of nitrogens with zero attached hydrogens (tertiary/aromatic N) is 2. The largest absolute Gasteiger partial charge is 0.369 e. The summed E-state index contributed by atoms with van der Waals surface area (Å²) in [5.74, 6) is 2.22. The number of nitrogens with two attached hydrogens (primary N) is 1. The van der Waals surface area contributed by atoms with Crippen molar-refractivity contribution in [3.8, 4) is 0 Å². The van der Waals surface area contributed by atoms with Gasteiger partial charge in [-0.3, -0.25) is 0 Å². The number of rotatable bonds is 1. The predicted molar refractivity (Wildman–Crippen MR) is 80.1 cm³/mol. The van der Waals surface area contributed by atoms with Gasteiger partial charge < -0.3 is 10.3 Å². The molecule has 1 aromatic carbocycles. The Morgan fingerprint density at radius 2 is 1.84 bits per heavy atom. The van der Waals surface area contributed by atoms with Crippen molar-refractivity contribution in [1.82, 2.24) is 9.55 Å². The quantitative estimate of drug-likeness (QED) is 0.841. The zero-order chi connectivity index (χ0) is 13.6. The second-order valence-corrected chi connectivity index (χ2v) is 6.35. The minimum absolute atomic E-state index is 0.505. The number of benzene rings is 1. The highest BCUT2D eigenvalue weighted by Crippen LogP contribution is 2.39. The second kappa shape index (κ2) is 4.55. The van der Waals surface area contributed by atoms with Crippen LogP contribution in [0.3, 0.4) is 0 Å². The summed E-state index contributed by atoms with van der Waals surface area (Å²) in [5, 5.41) is 0. The average Bonchev–Trinajstić information content (AvgIpc) is 2.65. The first-order valence-electron chi connectivity index (χ1n) is 7.29. The lowest BCUT2D eigenvalue weighted by atomic mass is 9.80. The molecule has 0 saturated heterocycles. The molecule has 1 saturated carbocycles. The maximum Gasteiger partial charge on any atom is 0.201 e. The Labute approximate surface area is 114 Å². The summed E-state index contributed by atoms with van der Waals surface area (Å²) in [6.07, 6.45) is 3.77. The Kier molecular flexibility index (Phi) is 3.00. The monoisotopic (exact) mass is 257 g/mol. The fourth-order valence-electron chi connectivity index (χ4n) is 3.77. The lowest BCUT2D eigenvalue weighted by Gasteiger charge is -2.33. The Balaban J connectivity index is 2.09. The highest BCUT2D eigenvalue weighted by atomic mass is 15.2. The van der Waals surface area contributed by atoms with Crippen LogP contribution in [0.1, 0.15) is 44.7 Å². The van der Waals surface area contributed by atoms with Gasteiger partial charge in [0.25, 0.3) is 0 Å². The minimum atomic E-state index is 0.505. The molecule has 3 rings (SSSR count). The standard InChI is InChI=1S/C16H23N3/c1-10-7-11(2)9-13(8-10)19-14-6-4-5-12(3)15(14)18-16(19)17/h4-6,10-11,13H,7-9H2,1-3H3,(H2,17,18). The third-order valence-corrected chi connectivity index (χ3v) is 4.47. The van der Waals surface area contributed by atoms with Gasteiger partial charge in [0.2, 0.25) is 5.95 Å². The van der Waals surface area contributed by atoms with E-state index in [9.17, 15) is 0 Å². The van der Waals surface area contributed by atoms with Crippen LogP contribution in [0, 0.1) is 18.8 Å². The Morgan fingerprint density at radius 3 is 2.53 bits per heavy atom. The zero-order valence-electron chi connectivity index (χ0n) is 12.1. The SMILES string of the molecule is Cc1cccc2c1nc(N)n2C1CC(C)CC(C)C1. The lowest BCUT2D eigenvalue weighted by Crippen LogP contribution is -2.23. The summed E-state index contributed by atoms with van der Waals surface area (Å²) in [7, 11) is 0. The van der Waals surface area contributed by atoms with E-state index in [0.717, 1.165) is 17.4 Å². The molecule has 102 valence electrons. The third kappa shape index (κ3) is 2.11. The first kappa shape index (κ1) is 12.5. The lowest BCUT2D eigenvalue weighted by molar-refractivity contribution is 0.226. The summed E-state index contributed by atoms with van der Waals surface area (Å²) in [5.41, 5.74) is 9.66. The molecule has 0 bridgehead atoms. The molecule has 1 aromatic heterocycles. The van der Waals surface area contributed by atoms with Crippen LogP contribution in [0.4, 0.5) is 5.95 Å². The molecule has 2 atom stereocenters. The molecule has 19 heavy (non-hydrogen) atoms. The molecular formula is C16H23N3. The van der Waals surface area contributed by atoms with Crippen molar-refractivity contribution in [2.75, 3.05) is 5.73 Å². The van der Waals surface area contributed by atoms with Crippen molar-refractivity contribution in [3.63, 3.8) is 0 Å². The molecule has 0 radical (unpaired) electrons. The van der Waals surface area contributed by atoms with E-state index in [1.54, 1.807) is 0 Å². The van der Waals surface area contributed by atoms with E-state index < -0.39 is 0 Å². The highest BCUT2D eigenvalue weighted by Gasteiger charge is 2.27. The Hall–Kier alpha value is -1.51. The van der Waals surface area contributed by atoms with Gasteiger partial charge in [0.05, 0.1) is 11.0 Å². The fraction of sp³-hybridized carbons (Fsp3) is 0.562. The number of nitrogen functional groups attached to an aromatic ring is 1. The second-order valence-electron chi connectivity index (χ2n) is 6.35. The molecule has 0 aliphatic heterocycles. The van der Waals surface area contributed by atoms with Gasteiger partial charge in [-0.05, 0) is 49.7 Å². The van der Waals surface area contributed by atoms with Gasteiger partial charge in [0.1, 0.15) is 0 Å². The summed E-state index contributed by atoms with van der Waals surface area (Å²) >= 11 is 0. The maximum atomic E-state index is 6.20. The molecule has 0 amide bonds. The number of aryl methyl sites for hydroxylation is 1. The van der Waals surface area contributed by atoms with Crippen molar-refractivity contribution in [1.29, 1.82) is 0 Å². The third-order valence-electron chi connectivity index (χ3n) is 4.47. The number of aromatic nitrogens is 2. The van der Waals surface area contributed by atoms with Crippen molar-refractivity contribution >= 4 is 17.0 Å². The molecule has 1 aliphatic carbocycles. The number of fused-ring (bicyclic) bond motifs is 1. The van der Waals surface area contributed by atoms with Gasteiger partial charge in [-0.25, -0.2) is 4.98 Å². The summed E-state index contributed by atoms with van der Waals surface area (Å²) < 4.78 is 2.27.